The number of pyridine rings is 1. The number of hydrogen-bond acceptors (Lipinski definition) is 5. The van der Waals surface area contributed by atoms with E-state index >= 15 is 0 Å². The third-order valence-electron chi connectivity index (χ3n) is 2.19. The molecule has 0 unspecified atom stereocenters. The minimum absolute atomic E-state index is 0.560. The number of rotatable bonds is 3. The fourth-order valence-corrected chi connectivity index (χ4v) is 3.01. The van der Waals surface area contributed by atoms with Crippen LogP contribution < -0.4 is 5.73 Å². The highest BCUT2D eigenvalue weighted by Crippen LogP contribution is 2.26. The Balaban J connectivity index is 1.99. The van der Waals surface area contributed by atoms with Crippen LogP contribution in [0, 0.1) is 13.8 Å². The van der Waals surface area contributed by atoms with Crippen molar-refractivity contribution in [3.8, 4) is 0 Å². The molecule has 0 fully saturated rings. The van der Waals surface area contributed by atoms with E-state index in [9.17, 15) is 0 Å². The van der Waals surface area contributed by atoms with E-state index in [4.69, 9.17) is 5.73 Å². The van der Waals surface area contributed by atoms with Crippen molar-refractivity contribution < 1.29 is 0 Å². The number of thioether (sulfide) groups is 1. The fraction of sp³-hybridized carbons (Fsp3) is 0.273. The molecule has 3 nitrogen and oxygen atoms in total. The van der Waals surface area contributed by atoms with Gasteiger partial charge in [-0.15, -0.1) is 23.1 Å². The predicted molar refractivity (Wildman–Crippen MR) is 69.8 cm³/mol. The van der Waals surface area contributed by atoms with Gasteiger partial charge in [-0.3, -0.25) is 0 Å². The Hall–Kier alpha value is -1.07. The standard InChI is InChI=1S/C11H13N3S2/c1-7-8(2)16-11(14-7)6-15-9-3-4-10(12)13-5-9/h3-5H,6H2,1-2H3,(H2,12,13). The molecule has 0 spiro atoms. The van der Waals surface area contributed by atoms with Crippen molar-refractivity contribution in [2.24, 2.45) is 0 Å². The van der Waals surface area contributed by atoms with Crippen molar-refractivity contribution in [3.63, 3.8) is 0 Å². The van der Waals surface area contributed by atoms with E-state index in [1.165, 1.54) is 4.88 Å². The Labute approximate surface area is 103 Å². The maximum Gasteiger partial charge on any atom is 0.123 e. The molecule has 2 aromatic rings. The molecule has 2 heterocycles. The fourth-order valence-electron chi connectivity index (χ4n) is 1.22. The predicted octanol–water partition coefficient (Wildman–Crippen LogP) is 3.03. The van der Waals surface area contributed by atoms with Gasteiger partial charge in [0.2, 0.25) is 0 Å². The largest absolute Gasteiger partial charge is 0.384 e. The van der Waals surface area contributed by atoms with Gasteiger partial charge < -0.3 is 5.73 Å². The Kier molecular flexibility index (Phi) is 3.46. The van der Waals surface area contributed by atoms with Gasteiger partial charge in [-0.25, -0.2) is 9.97 Å². The van der Waals surface area contributed by atoms with E-state index in [1.54, 1.807) is 29.3 Å². The Bertz CT molecular complexity index is 457. The Morgan fingerprint density at radius 3 is 2.75 bits per heavy atom. The molecule has 0 amide bonds. The van der Waals surface area contributed by atoms with Gasteiger partial charge in [0.05, 0.1) is 11.4 Å². The molecule has 5 heteroatoms. The second kappa shape index (κ2) is 4.84. The molecule has 0 aromatic carbocycles. The highest BCUT2D eigenvalue weighted by atomic mass is 32.2. The lowest BCUT2D eigenvalue weighted by atomic mass is 10.4. The normalized spacial score (nSPS) is 10.6. The van der Waals surface area contributed by atoms with Crippen molar-refractivity contribution in [1.82, 2.24) is 9.97 Å². The number of nitrogens with zero attached hydrogens (tertiary/aromatic N) is 2. The third-order valence-corrected chi connectivity index (χ3v) is 4.44. The van der Waals surface area contributed by atoms with E-state index in [2.05, 4.69) is 16.9 Å². The van der Waals surface area contributed by atoms with Crippen LogP contribution in [0.4, 0.5) is 5.82 Å². The minimum Gasteiger partial charge on any atom is -0.384 e. The van der Waals surface area contributed by atoms with Crippen molar-refractivity contribution in [3.05, 3.63) is 33.9 Å². The second-order valence-electron chi connectivity index (χ2n) is 3.46. The van der Waals surface area contributed by atoms with Crippen molar-refractivity contribution in [1.29, 1.82) is 0 Å². The molecule has 0 atom stereocenters. The summed E-state index contributed by atoms with van der Waals surface area (Å²) in [7, 11) is 0. The summed E-state index contributed by atoms with van der Waals surface area (Å²) in [4.78, 5) is 11.0. The van der Waals surface area contributed by atoms with Gasteiger partial charge in [0.15, 0.2) is 0 Å². The number of aryl methyl sites for hydroxylation is 2. The van der Waals surface area contributed by atoms with Crippen LogP contribution in [0.25, 0.3) is 0 Å². The van der Waals surface area contributed by atoms with E-state index in [1.807, 2.05) is 19.1 Å². The van der Waals surface area contributed by atoms with Crippen LogP contribution in [0.2, 0.25) is 0 Å². The number of nitrogens with two attached hydrogens (primary N) is 1. The van der Waals surface area contributed by atoms with Crippen LogP contribution in [0.3, 0.4) is 0 Å². The quantitative estimate of drug-likeness (QED) is 0.852. The minimum atomic E-state index is 0.560. The highest BCUT2D eigenvalue weighted by molar-refractivity contribution is 7.98. The van der Waals surface area contributed by atoms with Crippen LogP contribution in [0.15, 0.2) is 23.2 Å². The molecule has 84 valence electrons. The van der Waals surface area contributed by atoms with Gasteiger partial charge in [-0.2, -0.15) is 0 Å². The molecule has 0 saturated heterocycles. The molecule has 2 N–H and O–H groups in total. The number of hydrogen-bond donors (Lipinski definition) is 1. The summed E-state index contributed by atoms with van der Waals surface area (Å²) in [6.45, 7) is 4.15. The van der Waals surface area contributed by atoms with E-state index < -0.39 is 0 Å². The average Bonchev–Trinajstić information content (AvgIpc) is 2.58. The van der Waals surface area contributed by atoms with Crippen molar-refractivity contribution >= 4 is 28.9 Å². The Morgan fingerprint density at radius 2 is 2.19 bits per heavy atom. The number of nitrogen functional groups attached to an aromatic ring is 1. The molecule has 0 saturated carbocycles. The lowest BCUT2D eigenvalue weighted by molar-refractivity contribution is 1.16. The summed E-state index contributed by atoms with van der Waals surface area (Å²) in [6.07, 6.45) is 1.80. The summed E-state index contributed by atoms with van der Waals surface area (Å²) < 4.78 is 0. The summed E-state index contributed by atoms with van der Waals surface area (Å²) in [6, 6.07) is 3.81. The van der Waals surface area contributed by atoms with Crippen LogP contribution in [0.1, 0.15) is 15.6 Å². The first kappa shape index (κ1) is 11.4. The monoisotopic (exact) mass is 251 g/mol. The first-order chi connectivity index (χ1) is 7.65. The van der Waals surface area contributed by atoms with E-state index in [-0.39, 0.29) is 0 Å². The smallest absolute Gasteiger partial charge is 0.123 e. The zero-order chi connectivity index (χ0) is 11.5. The SMILES string of the molecule is Cc1nc(CSc2ccc(N)nc2)sc1C. The van der Waals surface area contributed by atoms with Crippen LogP contribution in [0.5, 0.6) is 0 Å². The maximum absolute atomic E-state index is 5.53. The molecule has 0 aliphatic rings. The van der Waals surface area contributed by atoms with Gasteiger partial charge in [0.1, 0.15) is 10.8 Å². The summed E-state index contributed by atoms with van der Waals surface area (Å²) in [5, 5.41) is 1.16. The van der Waals surface area contributed by atoms with Crippen LogP contribution >= 0.6 is 23.1 Å². The zero-order valence-corrected chi connectivity index (χ0v) is 10.9. The first-order valence-corrected chi connectivity index (χ1v) is 6.72. The zero-order valence-electron chi connectivity index (χ0n) is 9.23. The molecule has 0 bridgehead atoms. The van der Waals surface area contributed by atoms with Crippen LogP contribution in [-0.4, -0.2) is 9.97 Å². The second-order valence-corrected chi connectivity index (χ2v) is 5.79. The molecule has 0 aliphatic heterocycles. The lowest BCUT2D eigenvalue weighted by Gasteiger charge is -1.98. The van der Waals surface area contributed by atoms with Crippen molar-refractivity contribution in [2.75, 3.05) is 5.73 Å². The summed E-state index contributed by atoms with van der Waals surface area (Å²) in [5.74, 6) is 1.45. The number of thiazole rings is 1. The molecule has 2 rings (SSSR count). The highest BCUT2D eigenvalue weighted by Gasteiger charge is 2.04. The van der Waals surface area contributed by atoms with Crippen molar-refractivity contribution in [2.45, 2.75) is 24.5 Å². The molecule has 0 aliphatic carbocycles. The Morgan fingerprint density at radius 1 is 1.38 bits per heavy atom. The van der Waals surface area contributed by atoms with Gasteiger partial charge in [-0.1, -0.05) is 0 Å². The van der Waals surface area contributed by atoms with E-state index in [0.717, 1.165) is 21.3 Å². The molecule has 16 heavy (non-hydrogen) atoms. The maximum atomic E-state index is 5.53. The molecule has 0 radical (unpaired) electrons. The van der Waals surface area contributed by atoms with Gasteiger partial charge in [0, 0.05) is 16.0 Å². The first-order valence-electron chi connectivity index (χ1n) is 4.92. The third kappa shape index (κ3) is 2.74. The molecular formula is C11H13N3S2. The van der Waals surface area contributed by atoms with Gasteiger partial charge >= 0.3 is 0 Å². The topological polar surface area (TPSA) is 51.8 Å². The summed E-state index contributed by atoms with van der Waals surface area (Å²) in [5.41, 5.74) is 6.66. The van der Waals surface area contributed by atoms with Crippen LogP contribution in [-0.2, 0) is 5.75 Å². The number of anilines is 1. The summed E-state index contributed by atoms with van der Waals surface area (Å²) >= 11 is 3.49. The molecule has 2 aromatic heterocycles. The lowest BCUT2D eigenvalue weighted by Crippen LogP contribution is -1.88. The molecular weight excluding hydrogens is 238 g/mol. The van der Waals surface area contributed by atoms with Gasteiger partial charge in [0.25, 0.3) is 0 Å². The number of aromatic nitrogens is 2. The van der Waals surface area contributed by atoms with E-state index in [0.29, 0.717) is 5.82 Å². The van der Waals surface area contributed by atoms with Gasteiger partial charge in [-0.05, 0) is 26.0 Å². The average molecular weight is 251 g/mol.